The fraction of sp³-hybridized carbons (Fsp3) is 0.314. The Kier molecular flexibility index (Phi) is 6.72. The molecular formula is C35H35N3O4. The minimum absolute atomic E-state index is 0.103. The van der Waals surface area contributed by atoms with Crippen molar-refractivity contribution in [2.24, 2.45) is 0 Å². The quantitative estimate of drug-likeness (QED) is 0.171. The largest absolute Gasteiger partial charge is 0.497 e. The predicted octanol–water partition coefficient (Wildman–Crippen LogP) is 6.04. The molecular weight excluding hydrogens is 526 g/mol. The van der Waals surface area contributed by atoms with E-state index in [1.165, 1.54) is 42.8 Å². The van der Waals surface area contributed by atoms with Crippen molar-refractivity contribution in [3.05, 3.63) is 90.0 Å². The normalized spacial score (nSPS) is 17.5. The molecule has 7 rings (SSSR count). The zero-order valence-corrected chi connectivity index (χ0v) is 24.1. The van der Waals surface area contributed by atoms with Gasteiger partial charge in [0.25, 0.3) is 5.91 Å². The maximum atomic E-state index is 14.0. The van der Waals surface area contributed by atoms with Crippen molar-refractivity contribution in [2.75, 3.05) is 40.5 Å². The first-order chi connectivity index (χ1) is 20.5. The van der Waals surface area contributed by atoms with E-state index in [1.807, 2.05) is 24.3 Å². The number of carbonyl (C=O) groups is 2. The topological polar surface area (TPSA) is 62.3 Å². The van der Waals surface area contributed by atoms with Crippen molar-refractivity contribution in [3.8, 4) is 5.75 Å². The number of imide groups is 1. The van der Waals surface area contributed by atoms with Crippen LogP contribution in [0.15, 0.2) is 78.9 Å². The third-order valence-electron chi connectivity index (χ3n) is 9.31. The monoisotopic (exact) mass is 561 g/mol. The Bertz CT molecular complexity index is 1780. The van der Waals surface area contributed by atoms with E-state index in [-0.39, 0.29) is 18.5 Å². The molecule has 2 aliphatic heterocycles. The van der Waals surface area contributed by atoms with Crippen LogP contribution >= 0.6 is 0 Å². The summed E-state index contributed by atoms with van der Waals surface area (Å²) in [5, 5.41) is 7.73. The Morgan fingerprint density at radius 2 is 1.48 bits per heavy atom. The van der Waals surface area contributed by atoms with Crippen molar-refractivity contribution in [2.45, 2.75) is 31.5 Å². The van der Waals surface area contributed by atoms with E-state index >= 15 is 0 Å². The van der Waals surface area contributed by atoms with Gasteiger partial charge < -0.3 is 14.4 Å². The molecule has 7 nitrogen and oxygen atoms in total. The van der Waals surface area contributed by atoms with E-state index in [2.05, 4.69) is 59.5 Å². The smallest absolute Gasteiger partial charge is 0.328 e. The number of carbonyl (C=O) groups excluding carboxylic acids is 2. The molecule has 5 aromatic carbocycles. The van der Waals surface area contributed by atoms with Gasteiger partial charge in [0.2, 0.25) is 0 Å². The number of piperidine rings is 1. The molecule has 3 amide bonds. The van der Waals surface area contributed by atoms with Crippen LogP contribution in [-0.4, -0.2) is 72.6 Å². The molecule has 0 aromatic heterocycles. The Labute approximate surface area is 245 Å². The van der Waals surface area contributed by atoms with Gasteiger partial charge in [-0.05, 0) is 68.4 Å². The summed E-state index contributed by atoms with van der Waals surface area (Å²) >= 11 is 0. The number of methoxy groups -OCH3 is 2. The number of ether oxygens (including phenoxy) is 2. The molecule has 1 spiro atoms. The summed E-state index contributed by atoms with van der Waals surface area (Å²) in [4.78, 5) is 33.3. The lowest BCUT2D eigenvalue weighted by atomic mass is 9.85. The maximum Gasteiger partial charge on any atom is 0.328 e. The first kappa shape index (κ1) is 26.7. The highest BCUT2D eigenvalue weighted by Crippen LogP contribution is 2.40. The number of urea groups is 1. The van der Waals surface area contributed by atoms with Crippen molar-refractivity contribution in [3.63, 3.8) is 0 Å². The molecule has 5 aromatic rings. The molecule has 7 heteroatoms. The molecule has 0 aliphatic carbocycles. The Hall–Kier alpha value is -4.20. The van der Waals surface area contributed by atoms with Crippen LogP contribution in [-0.2, 0) is 22.6 Å². The summed E-state index contributed by atoms with van der Waals surface area (Å²) in [5.74, 6) is 0.603. The number of hydrogen-bond donors (Lipinski definition) is 0. The van der Waals surface area contributed by atoms with E-state index in [0.717, 1.165) is 25.2 Å². The average Bonchev–Trinajstić information content (AvgIpc) is 3.21. The van der Waals surface area contributed by atoms with Gasteiger partial charge in [-0.15, -0.1) is 0 Å². The minimum Gasteiger partial charge on any atom is -0.497 e. The number of nitrogens with zero attached hydrogens (tertiary/aromatic N) is 3. The number of rotatable bonds is 8. The summed E-state index contributed by atoms with van der Waals surface area (Å²) in [7, 11) is 3.24. The summed E-state index contributed by atoms with van der Waals surface area (Å²) in [6.07, 6.45) is 1.20. The van der Waals surface area contributed by atoms with Crippen LogP contribution in [0.25, 0.3) is 32.3 Å². The highest BCUT2D eigenvalue weighted by Gasteiger charge is 2.57. The molecule has 2 fully saturated rings. The van der Waals surface area contributed by atoms with Gasteiger partial charge in [-0.1, -0.05) is 66.7 Å². The SMILES string of the molecule is COCCN1C(=O)N(Cc2cccc(OC)c2)C(=O)C12CCN(Cc1ccc3ccc4cccc5ccc1c3c45)CC2. The number of hydrogen-bond acceptors (Lipinski definition) is 5. The van der Waals surface area contributed by atoms with Crippen molar-refractivity contribution >= 4 is 44.3 Å². The summed E-state index contributed by atoms with van der Waals surface area (Å²) in [6.45, 7) is 3.28. The van der Waals surface area contributed by atoms with E-state index in [9.17, 15) is 9.59 Å². The van der Waals surface area contributed by atoms with Crippen molar-refractivity contribution in [1.82, 2.24) is 14.7 Å². The van der Waals surface area contributed by atoms with Gasteiger partial charge >= 0.3 is 6.03 Å². The molecule has 0 saturated carbocycles. The standard InChI is InChI=1S/C35H35N3O4/c1-41-20-19-38-34(40)37(22-24-5-3-8-29(21-24)42-2)33(39)35(38)15-17-36(18-16-35)23-28-12-11-27-10-9-25-6-4-7-26-13-14-30(28)32(27)31(25)26/h3-14,21H,15-20,22-23H2,1-2H3. The van der Waals surface area contributed by atoms with Gasteiger partial charge in [-0.3, -0.25) is 14.6 Å². The summed E-state index contributed by atoms with van der Waals surface area (Å²) in [5.41, 5.74) is 1.32. The zero-order chi connectivity index (χ0) is 28.8. The highest BCUT2D eigenvalue weighted by atomic mass is 16.5. The van der Waals surface area contributed by atoms with Gasteiger partial charge in [0.1, 0.15) is 11.3 Å². The van der Waals surface area contributed by atoms with Crippen molar-refractivity contribution < 1.29 is 19.1 Å². The van der Waals surface area contributed by atoms with Gasteiger partial charge in [-0.25, -0.2) is 4.79 Å². The lowest BCUT2D eigenvalue weighted by molar-refractivity contribution is -0.136. The molecule has 2 aliphatic rings. The van der Waals surface area contributed by atoms with Crippen LogP contribution in [0.1, 0.15) is 24.0 Å². The van der Waals surface area contributed by atoms with Gasteiger partial charge in [0.15, 0.2) is 0 Å². The first-order valence-corrected chi connectivity index (χ1v) is 14.7. The molecule has 0 bridgehead atoms. The first-order valence-electron chi connectivity index (χ1n) is 14.7. The van der Waals surface area contributed by atoms with Crippen LogP contribution in [0.5, 0.6) is 5.75 Å². The summed E-state index contributed by atoms with van der Waals surface area (Å²) in [6, 6.07) is 27.2. The second kappa shape index (κ2) is 10.6. The van der Waals surface area contributed by atoms with Gasteiger partial charge in [0.05, 0.1) is 20.3 Å². The van der Waals surface area contributed by atoms with E-state index < -0.39 is 5.54 Å². The molecule has 214 valence electrons. The fourth-order valence-electron chi connectivity index (χ4n) is 7.11. The molecule has 2 heterocycles. The lowest BCUT2D eigenvalue weighted by Gasteiger charge is -2.42. The van der Waals surface area contributed by atoms with Crippen LogP contribution in [0.2, 0.25) is 0 Å². The molecule has 0 atom stereocenters. The molecule has 2 saturated heterocycles. The van der Waals surface area contributed by atoms with Crippen LogP contribution < -0.4 is 4.74 Å². The van der Waals surface area contributed by atoms with Crippen molar-refractivity contribution in [1.29, 1.82) is 0 Å². The highest BCUT2D eigenvalue weighted by molar-refractivity contribution is 6.23. The lowest BCUT2D eigenvalue weighted by Crippen LogP contribution is -2.57. The Balaban J connectivity index is 1.14. The van der Waals surface area contributed by atoms with E-state index in [4.69, 9.17) is 9.47 Å². The maximum absolute atomic E-state index is 14.0. The zero-order valence-electron chi connectivity index (χ0n) is 24.1. The summed E-state index contributed by atoms with van der Waals surface area (Å²) < 4.78 is 10.7. The van der Waals surface area contributed by atoms with E-state index in [1.54, 1.807) is 19.1 Å². The predicted molar refractivity (Wildman–Crippen MR) is 165 cm³/mol. The van der Waals surface area contributed by atoms with Crippen LogP contribution in [0.4, 0.5) is 4.79 Å². The Morgan fingerprint density at radius 1 is 0.786 bits per heavy atom. The minimum atomic E-state index is -0.840. The van der Waals surface area contributed by atoms with Gasteiger partial charge in [0, 0.05) is 33.3 Å². The average molecular weight is 562 g/mol. The third kappa shape index (κ3) is 4.27. The third-order valence-corrected chi connectivity index (χ3v) is 9.31. The second-order valence-corrected chi connectivity index (χ2v) is 11.6. The van der Waals surface area contributed by atoms with Crippen LogP contribution in [0, 0.1) is 0 Å². The Morgan fingerprint density at radius 3 is 2.21 bits per heavy atom. The molecule has 0 unspecified atom stereocenters. The van der Waals surface area contributed by atoms with Crippen LogP contribution in [0.3, 0.4) is 0 Å². The second-order valence-electron chi connectivity index (χ2n) is 11.6. The fourth-order valence-corrected chi connectivity index (χ4v) is 7.11. The van der Waals surface area contributed by atoms with Gasteiger partial charge in [-0.2, -0.15) is 0 Å². The van der Waals surface area contributed by atoms with E-state index in [0.29, 0.717) is 31.7 Å². The number of benzene rings is 5. The molecule has 0 radical (unpaired) electrons. The molecule has 42 heavy (non-hydrogen) atoms. The molecule has 0 N–H and O–H groups in total. The number of likely N-dealkylation sites (tertiary alicyclic amines) is 1. The number of amides is 3.